The molecule has 7 fully saturated rings. The van der Waals surface area contributed by atoms with Crippen LogP contribution in [0.2, 0.25) is 0 Å². The van der Waals surface area contributed by atoms with Crippen LogP contribution in [0.1, 0.15) is 168 Å². The molecule has 0 saturated heterocycles. The van der Waals surface area contributed by atoms with Crippen LogP contribution in [0.4, 0.5) is 0 Å². The zero-order valence-corrected chi connectivity index (χ0v) is 27.1. The molecule has 0 aromatic heterocycles. The van der Waals surface area contributed by atoms with E-state index in [9.17, 15) is 0 Å². The van der Waals surface area contributed by atoms with Crippen LogP contribution < -0.4 is 0 Å². The van der Waals surface area contributed by atoms with Crippen molar-refractivity contribution in [2.24, 2.45) is 82.9 Å². The van der Waals surface area contributed by atoms with E-state index in [4.69, 9.17) is 0 Å². The summed E-state index contributed by atoms with van der Waals surface area (Å²) in [5.74, 6) is 15.4. The maximum Gasteiger partial charge on any atom is -0.0321 e. The maximum atomic E-state index is 2.54. The molecule has 8 atom stereocenters. The molecule has 0 aromatic rings. The second-order valence-corrected chi connectivity index (χ2v) is 17.6. The van der Waals surface area contributed by atoms with E-state index < -0.39 is 0 Å². The SMILES string of the molecule is CC1CCC(C2CCCCC2C2C3CCCCC3C(C3CCCCC3C3CCC(C)CC3)C3CCCCC32)CC1. The number of fused-ring (bicyclic) bond motifs is 2. The number of hydrogen-bond acceptors (Lipinski definition) is 0. The topological polar surface area (TPSA) is 0 Å². The molecule has 7 aliphatic carbocycles. The van der Waals surface area contributed by atoms with Gasteiger partial charge in [-0.2, -0.15) is 0 Å². The lowest BCUT2D eigenvalue weighted by Crippen LogP contribution is -2.56. The third kappa shape index (κ3) is 5.64. The highest BCUT2D eigenvalue weighted by atomic mass is 14.6. The second-order valence-electron chi connectivity index (χ2n) is 17.6. The van der Waals surface area contributed by atoms with Crippen molar-refractivity contribution < 1.29 is 0 Å². The van der Waals surface area contributed by atoms with E-state index in [-0.39, 0.29) is 0 Å². The summed E-state index contributed by atoms with van der Waals surface area (Å²) in [5.41, 5.74) is 0. The van der Waals surface area contributed by atoms with Crippen LogP contribution in [-0.4, -0.2) is 0 Å². The standard InChI is InChI=1S/C40H68/c1-27-19-23-29(24-20-27)31-11-3-5-13-33(31)39-35-15-7-9-17-37(35)40(38-18-10-8-16-36(38)39)34-14-6-4-12-32(34)30-25-21-28(2)22-26-30/h27-40H,3-26H2,1-2H3. The van der Waals surface area contributed by atoms with Gasteiger partial charge in [-0.25, -0.2) is 0 Å². The monoisotopic (exact) mass is 549 g/mol. The Bertz CT molecular complexity index is 692. The lowest BCUT2D eigenvalue weighted by atomic mass is 9.43. The van der Waals surface area contributed by atoms with E-state index in [1.54, 1.807) is 154 Å². The first-order valence-corrected chi connectivity index (χ1v) is 19.7. The number of rotatable bonds is 4. The highest BCUT2D eigenvalue weighted by molar-refractivity contribution is 5.06. The Labute approximate surface area is 250 Å². The van der Waals surface area contributed by atoms with Gasteiger partial charge in [-0.15, -0.1) is 0 Å². The largest absolute Gasteiger partial charge is 0.0625 e. The lowest BCUT2D eigenvalue weighted by Gasteiger charge is -2.62. The highest BCUT2D eigenvalue weighted by Gasteiger charge is 2.57. The van der Waals surface area contributed by atoms with Crippen molar-refractivity contribution in [1.29, 1.82) is 0 Å². The van der Waals surface area contributed by atoms with Crippen LogP contribution in [0, 0.1) is 82.9 Å². The molecule has 40 heavy (non-hydrogen) atoms. The van der Waals surface area contributed by atoms with Gasteiger partial charge in [0.05, 0.1) is 0 Å². The van der Waals surface area contributed by atoms with Crippen LogP contribution >= 0.6 is 0 Å². The average Bonchev–Trinajstić information content (AvgIpc) is 3.01. The first kappa shape index (κ1) is 28.8. The van der Waals surface area contributed by atoms with Crippen molar-refractivity contribution >= 4 is 0 Å². The molecule has 8 unspecified atom stereocenters. The Balaban J connectivity index is 1.19. The fourth-order valence-electron chi connectivity index (χ4n) is 14.1. The van der Waals surface area contributed by atoms with Crippen molar-refractivity contribution in [1.82, 2.24) is 0 Å². The Kier molecular flexibility index (Phi) is 9.29. The second kappa shape index (κ2) is 12.9. The van der Waals surface area contributed by atoms with Crippen LogP contribution in [0.25, 0.3) is 0 Å². The van der Waals surface area contributed by atoms with Gasteiger partial charge in [-0.05, 0) is 160 Å². The molecule has 0 aromatic carbocycles. The van der Waals surface area contributed by atoms with Crippen molar-refractivity contribution in [3.63, 3.8) is 0 Å². The zero-order chi connectivity index (χ0) is 27.1. The third-order valence-corrected chi connectivity index (χ3v) is 15.8. The van der Waals surface area contributed by atoms with Gasteiger partial charge in [0, 0.05) is 0 Å². The Hall–Kier alpha value is 0. The van der Waals surface area contributed by atoms with Crippen LogP contribution in [0.15, 0.2) is 0 Å². The van der Waals surface area contributed by atoms with Crippen molar-refractivity contribution in [3.05, 3.63) is 0 Å². The van der Waals surface area contributed by atoms with E-state index in [0.29, 0.717) is 0 Å². The summed E-state index contributed by atoms with van der Waals surface area (Å²) in [7, 11) is 0. The van der Waals surface area contributed by atoms with Gasteiger partial charge in [0.1, 0.15) is 0 Å². The summed E-state index contributed by atoms with van der Waals surface area (Å²) >= 11 is 0. The van der Waals surface area contributed by atoms with E-state index in [1.165, 1.54) is 0 Å². The van der Waals surface area contributed by atoms with Crippen molar-refractivity contribution in [2.75, 3.05) is 0 Å². The Morgan fingerprint density at radius 3 is 0.750 bits per heavy atom. The predicted molar refractivity (Wildman–Crippen MR) is 171 cm³/mol. The quantitative estimate of drug-likeness (QED) is 0.328. The molecule has 7 saturated carbocycles. The Morgan fingerprint density at radius 2 is 0.475 bits per heavy atom. The molecular formula is C40H68. The fourth-order valence-corrected chi connectivity index (χ4v) is 14.1. The molecule has 0 aliphatic heterocycles. The summed E-state index contributed by atoms with van der Waals surface area (Å²) in [4.78, 5) is 0. The van der Waals surface area contributed by atoms with Gasteiger partial charge in [0.15, 0.2) is 0 Å². The highest BCUT2D eigenvalue weighted by Crippen LogP contribution is 2.64. The van der Waals surface area contributed by atoms with Gasteiger partial charge >= 0.3 is 0 Å². The molecule has 0 radical (unpaired) electrons. The zero-order valence-electron chi connectivity index (χ0n) is 27.1. The van der Waals surface area contributed by atoms with Gasteiger partial charge < -0.3 is 0 Å². The van der Waals surface area contributed by atoms with Crippen LogP contribution in [0.5, 0.6) is 0 Å². The molecule has 7 aliphatic rings. The molecule has 0 heteroatoms. The van der Waals surface area contributed by atoms with Gasteiger partial charge in [-0.1, -0.05) is 90.9 Å². The predicted octanol–water partition coefficient (Wildman–Crippen LogP) is 12.1. The average molecular weight is 549 g/mol. The molecule has 0 nitrogen and oxygen atoms in total. The molecular weight excluding hydrogens is 480 g/mol. The maximum absolute atomic E-state index is 2.54. The first-order valence-electron chi connectivity index (χ1n) is 19.7. The van der Waals surface area contributed by atoms with Gasteiger partial charge in [-0.3, -0.25) is 0 Å². The van der Waals surface area contributed by atoms with Crippen LogP contribution in [-0.2, 0) is 0 Å². The smallest absolute Gasteiger partial charge is 0.0321 e. The molecule has 7 rings (SSSR count). The molecule has 0 amide bonds. The third-order valence-electron chi connectivity index (χ3n) is 15.8. The first-order chi connectivity index (χ1) is 19.7. The molecule has 0 heterocycles. The Morgan fingerprint density at radius 1 is 0.250 bits per heavy atom. The minimum Gasteiger partial charge on any atom is -0.0625 e. The molecule has 0 spiro atoms. The summed E-state index contributed by atoms with van der Waals surface area (Å²) < 4.78 is 0. The summed E-state index contributed by atoms with van der Waals surface area (Å²) in [6.07, 6.45) is 38.1. The van der Waals surface area contributed by atoms with Gasteiger partial charge in [0.2, 0.25) is 0 Å². The fraction of sp³-hybridized carbons (Fsp3) is 1.00. The van der Waals surface area contributed by atoms with E-state index in [2.05, 4.69) is 13.8 Å². The van der Waals surface area contributed by atoms with Gasteiger partial charge in [0.25, 0.3) is 0 Å². The molecule has 0 N–H and O–H groups in total. The molecule has 228 valence electrons. The minimum absolute atomic E-state index is 1.01. The van der Waals surface area contributed by atoms with E-state index in [1.807, 2.05) is 0 Å². The normalized spacial score (nSPS) is 52.4. The summed E-state index contributed by atoms with van der Waals surface area (Å²) in [5, 5.41) is 0. The lowest BCUT2D eigenvalue weighted by molar-refractivity contribution is -0.136. The van der Waals surface area contributed by atoms with E-state index >= 15 is 0 Å². The van der Waals surface area contributed by atoms with Crippen molar-refractivity contribution in [3.8, 4) is 0 Å². The molecule has 0 bridgehead atoms. The number of hydrogen-bond donors (Lipinski definition) is 0. The van der Waals surface area contributed by atoms with Crippen LogP contribution in [0.3, 0.4) is 0 Å². The van der Waals surface area contributed by atoms with E-state index in [0.717, 1.165) is 82.9 Å². The summed E-state index contributed by atoms with van der Waals surface area (Å²) in [6.45, 7) is 5.09. The summed E-state index contributed by atoms with van der Waals surface area (Å²) in [6, 6.07) is 0. The van der Waals surface area contributed by atoms with Crippen molar-refractivity contribution in [2.45, 2.75) is 168 Å². The minimum atomic E-state index is 1.01.